The highest BCUT2D eigenvalue weighted by Gasteiger charge is 2.23. The Morgan fingerprint density at radius 2 is 1.85 bits per heavy atom. The van der Waals surface area contributed by atoms with Crippen LogP contribution in [0.3, 0.4) is 0 Å². The summed E-state index contributed by atoms with van der Waals surface area (Å²) in [7, 11) is 0. The molecule has 3 rings (SSSR count). The fourth-order valence-electron chi connectivity index (χ4n) is 3.36. The van der Waals surface area contributed by atoms with Crippen molar-refractivity contribution >= 4 is 15.9 Å². The molecule has 1 unspecified atom stereocenters. The molecule has 110 valence electrons. The van der Waals surface area contributed by atoms with E-state index in [0.717, 1.165) is 23.2 Å². The lowest BCUT2D eigenvalue weighted by Crippen LogP contribution is -2.37. The molecule has 0 saturated heterocycles. The largest absolute Gasteiger partial charge is 0.488 e. The van der Waals surface area contributed by atoms with Crippen molar-refractivity contribution in [1.29, 1.82) is 0 Å². The molecule has 0 spiro atoms. The molecule has 1 atom stereocenters. The Balaban J connectivity index is 1.48. The zero-order valence-corrected chi connectivity index (χ0v) is 13.6. The van der Waals surface area contributed by atoms with E-state index in [9.17, 15) is 0 Å². The third kappa shape index (κ3) is 3.76. The molecule has 1 heterocycles. The molecule has 1 aromatic carbocycles. The lowest BCUT2D eigenvalue weighted by Gasteiger charge is -2.22. The summed E-state index contributed by atoms with van der Waals surface area (Å²) >= 11 is 3.53. The Kier molecular flexibility index (Phi) is 5.00. The van der Waals surface area contributed by atoms with Gasteiger partial charge in [0.05, 0.1) is 0 Å². The van der Waals surface area contributed by atoms with Crippen LogP contribution in [-0.4, -0.2) is 18.7 Å². The van der Waals surface area contributed by atoms with Crippen LogP contribution in [-0.2, 0) is 6.42 Å². The number of fused-ring (bicyclic) bond motifs is 1. The molecule has 1 aliphatic carbocycles. The highest BCUT2D eigenvalue weighted by Crippen LogP contribution is 2.31. The standard InChI is InChI=1S/C17H24BrNO/c18-14-8-9-17-13(10-14)11-16(20-17)12-19-15-6-4-2-1-3-5-7-15/h8-10,15-16,19H,1-7,11-12H2. The van der Waals surface area contributed by atoms with Crippen molar-refractivity contribution in [3.8, 4) is 5.75 Å². The molecular weight excluding hydrogens is 314 g/mol. The molecule has 1 fully saturated rings. The maximum absolute atomic E-state index is 6.03. The molecule has 20 heavy (non-hydrogen) atoms. The minimum atomic E-state index is 0.310. The molecule has 0 amide bonds. The van der Waals surface area contributed by atoms with E-state index < -0.39 is 0 Å². The molecule has 1 aliphatic heterocycles. The first-order valence-electron chi connectivity index (χ1n) is 8.00. The van der Waals surface area contributed by atoms with Crippen LogP contribution in [0.1, 0.15) is 50.5 Å². The number of benzene rings is 1. The highest BCUT2D eigenvalue weighted by molar-refractivity contribution is 9.10. The van der Waals surface area contributed by atoms with E-state index in [1.165, 1.54) is 50.5 Å². The van der Waals surface area contributed by atoms with Gasteiger partial charge in [0.1, 0.15) is 11.9 Å². The molecule has 0 radical (unpaired) electrons. The van der Waals surface area contributed by atoms with E-state index >= 15 is 0 Å². The van der Waals surface area contributed by atoms with Gasteiger partial charge in [0.25, 0.3) is 0 Å². The van der Waals surface area contributed by atoms with Gasteiger partial charge in [-0.15, -0.1) is 0 Å². The van der Waals surface area contributed by atoms with Crippen LogP contribution in [0.25, 0.3) is 0 Å². The topological polar surface area (TPSA) is 21.3 Å². The van der Waals surface area contributed by atoms with Crippen LogP contribution in [0.5, 0.6) is 5.75 Å². The van der Waals surface area contributed by atoms with E-state index in [0.29, 0.717) is 12.1 Å². The van der Waals surface area contributed by atoms with Crippen LogP contribution in [0.4, 0.5) is 0 Å². The molecule has 3 heteroatoms. The van der Waals surface area contributed by atoms with E-state index in [4.69, 9.17) is 4.74 Å². The van der Waals surface area contributed by atoms with Gasteiger partial charge in [-0.1, -0.05) is 48.0 Å². The van der Waals surface area contributed by atoms with Crippen molar-refractivity contribution in [3.63, 3.8) is 0 Å². The number of nitrogens with one attached hydrogen (secondary N) is 1. The highest BCUT2D eigenvalue weighted by atomic mass is 79.9. The fourth-order valence-corrected chi connectivity index (χ4v) is 3.77. The first-order valence-corrected chi connectivity index (χ1v) is 8.79. The molecule has 0 bridgehead atoms. The number of hydrogen-bond acceptors (Lipinski definition) is 2. The minimum Gasteiger partial charge on any atom is -0.488 e. The Labute approximate surface area is 130 Å². The smallest absolute Gasteiger partial charge is 0.123 e. The number of rotatable bonds is 3. The fraction of sp³-hybridized carbons (Fsp3) is 0.647. The number of hydrogen-bond donors (Lipinski definition) is 1. The third-order valence-corrected chi connectivity index (χ3v) is 5.00. The van der Waals surface area contributed by atoms with Crippen molar-refractivity contribution in [2.75, 3.05) is 6.54 Å². The molecule has 1 aromatic rings. The Morgan fingerprint density at radius 3 is 2.65 bits per heavy atom. The molecule has 2 aliphatic rings. The van der Waals surface area contributed by atoms with Crippen LogP contribution in [0.2, 0.25) is 0 Å². The summed E-state index contributed by atoms with van der Waals surface area (Å²) in [6.07, 6.45) is 11.1. The SMILES string of the molecule is Brc1ccc2c(c1)CC(CNC1CCCCCCC1)O2. The van der Waals surface area contributed by atoms with Crippen molar-refractivity contribution in [3.05, 3.63) is 28.2 Å². The monoisotopic (exact) mass is 337 g/mol. The van der Waals surface area contributed by atoms with Gasteiger partial charge in [-0.3, -0.25) is 0 Å². The average molecular weight is 338 g/mol. The summed E-state index contributed by atoms with van der Waals surface area (Å²) < 4.78 is 7.17. The van der Waals surface area contributed by atoms with Gasteiger partial charge in [-0.05, 0) is 36.6 Å². The number of ether oxygens (including phenoxy) is 1. The second kappa shape index (κ2) is 6.95. The van der Waals surface area contributed by atoms with Crippen molar-refractivity contribution < 1.29 is 4.74 Å². The maximum atomic E-state index is 6.03. The molecule has 2 nitrogen and oxygen atoms in total. The Morgan fingerprint density at radius 1 is 1.10 bits per heavy atom. The van der Waals surface area contributed by atoms with Gasteiger partial charge in [-0.2, -0.15) is 0 Å². The van der Waals surface area contributed by atoms with Gasteiger partial charge in [0.15, 0.2) is 0 Å². The second-order valence-corrected chi connectivity index (χ2v) is 7.06. The van der Waals surface area contributed by atoms with Gasteiger partial charge in [0.2, 0.25) is 0 Å². The lowest BCUT2D eigenvalue weighted by atomic mass is 9.96. The number of halogens is 1. The predicted molar refractivity (Wildman–Crippen MR) is 86.4 cm³/mol. The maximum Gasteiger partial charge on any atom is 0.123 e. The van der Waals surface area contributed by atoms with E-state index in [1.807, 2.05) is 0 Å². The Hall–Kier alpha value is -0.540. The van der Waals surface area contributed by atoms with Crippen LogP contribution in [0.15, 0.2) is 22.7 Å². The molecule has 0 aromatic heterocycles. The molecule has 1 saturated carbocycles. The van der Waals surface area contributed by atoms with E-state index in [1.54, 1.807) is 0 Å². The normalized spacial score (nSPS) is 23.8. The summed E-state index contributed by atoms with van der Waals surface area (Å²) in [6.45, 7) is 0.983. The quantitative estimate of drug-likeness (QED) is 0.879. The first-order chi connectivity index (χ1) is 9.81. The van der Waals surface area contributed by atoms with Gasteiger partial charge < -0.3 is 10.1 Å². The van der Waals surface area contributed by atoms with Gasteiger partial charge in [-0.25, -0.2) is 0 Å². The van der Waals surface area contributed by atoms with Crippen LogP contribution < -0.4 is 10.1 Å². The Bertz CT molecular complexity index is 441. The lowest BCUT2D eigenvalue weighted by molar-refractivity contribution is 0.216. The van der Waals surface area contributed by atoms with Crippen molar-refractivity contribution in [2.24, 2.45) is 0 Å². The van der Waals surface area contributed by atoms with Gasteiger partial charge in [0, 0.05) is 23.5 Å². The van der Waals surface area contributed by atoms with E-state index in [-0.39, 0.29) is 0 Å². The van der Waals surface area contributed by atoms with Crippen LogP contribution >= 0.6 is 15.9 Å². The zero-order chi connectivity index (χ0) is 13.8. The minimum absolute atomic E-state index is 0.310. The average Bonchev–Trinajstić information content (AvgIpc) is 2.79. The zero-order valence-electron chi connectivity index (χ0n) is 12.0. The van der Waals surface area contributed by atoms with Crippen LogP contribution in [0, 0.1) is 0 Å². The molecular formula is C17H24BrNO. The summed E-state index contributed by atoms with van der Waals surface area (Å²) in [4.78, 5) is 0. The molecule has 1 N–H and O–H groups in total. The summed E-state index contributed by atoms with van der Waals surface area (Å²) in [6, 6.07) is 7.03. The summed E-state index contributed by atoms with van der Waals surface area (Å²) in [5, 5.41) is 3.74. The van der Waals surface area contributed by atoms with Gasteiger partial charge >= 0.3 is 0 Å². The first kappa shape index (κ1) is 14.4. The van der Waals surface area contributed by atoms with E-state index in [2.05, 4.69) is 39.4 Å². The van der Waals surface area contributed by atoms with Crippen molar-refractivity contribution in [2.45, 2.75) is 63.5 Å². The summed E-state index contributed by atoms with van der Waals surface area (Å²) in [5.74, 6) is 1.07. The summed E-state index contributed by atoms with van der Waals surface area (Å²) in [5.41, 5.74) is 1.34. The second-order valence-electron chi connectivity index (χ2n) is 6.15. The predicted octanol–water partition coefficient (Wildman–Crippen LogP) is 4.46. The van der Waals surface area contributed by atoms with Crippen molar-refractivity contribution in [1.82, 2.24) is 5.32 Å². The third-order valence-electron chi connectivity index (χ3n) is 4.50.